The van der Waals surface area contributed by atoms with E-state index < -0.39 is 0 Å². The fourth-order valence-electron chi connectivity index (χ4n) is 2.39. The minimum atomic E-state index is -0.196. The van der Waals surface area contributed by atoms with Crippen LogP contribution in [-0.4, -0.2) is 9.97 Å². The van der Waals surface area contributed by atoms with Crippen LogP contribution in [0.15, 0.2) is 29.4 Å². The maximum Gasteiger partial charge on any atom is 0.188 e. The number of nitrogens with zero attached hydrogens (tertiary/aromatic N) is 2. The number of halogens is 1. The van der Waals surface area contributed by atoms with E-state index in [1.165, 1.54) is 29.8 Å². The van der Waals surface area contributed by atoms with Crippen LogP contribution < -0.4 is 0 Å². The molecule has 0 radical (unpaired) electrons. The average molecular weight is 274 g/mol. The van der Waals surface area contributed by atoms with Crippen molar-refractivity contribution in [3.63, 3.8) is 0 Å². The Bertz CT molecular complexity index is 596. The Balaban J connectivity index is 1.73. The van der Waals surface area contributed by atoms with E-state index in [2.05, 4.69) is 16.9 Å². The highest BCUT2D eigenvalue weighted by atomic mass is 32.2. The second-order valence-electron chi connectivity index (χ2n) is 4.79. The molecule has 0 saturated heterocycles. The van der Waals surface area contributed by atoms with Gasteiger partial charge in [-0.1, -0.05) is 23.9 Å². The predicted molar refractivity (Wildman–Crippen MR) is 74.8 cm³/mol. The van der Waals surface area contributed by atoms with Gasteiger partial charge >= 0.3 is 0 Å². The van der Waals surface area contributed by atoms with E-state index in [0.717, 1.165) is 35.0 Å². The molecule has 2 nitrogen and oxygen atoms in total. The van der Waals surface area contributed by atoms with Crippen LogP contribution in [0, 0.1) is 12.7 Å². The summed E-state index contributed by atoms with van der Waals surface area (Å²) < 4.78 is 12.8. The number of thioether (sulfide) groups is 1. The van der Waals surface area contributed by atoms with Crippen molar-refractivity contribution in [2.24, 2.45) is 0 Å². The number of rotatable bonds is 3. The van der Waals surface area contributed by atoms with E-state index in [1.54, 1.807) is 11.8 Å². The Morgan fingerprint density at radius 3 is 2.74 bits per heavy atom. The normalized spacial score (nSPS) is 13.6. The zero-order valence-electron chi connectivity index (χ0n) is 10.8. The molecule has 0 aliphatic heterocycles. The average Bonchev–Trinajstić information content (AvgIpc) is 2.87. The summed E-state index contributed by atoms with van der Waals surface area (Å²) in [5.74, 6) is 0.580. The Morgan fingerprint density at radius 2 is 1.95 bits per heavy atom. The molecule has 0 fully saturated rings. The number of fused-ring (bicyclic) bond motifs is 1. The van der Waals surface area contributed by atoms with Gasteiger partial charge in [-0.3, -0.25) is 0 Å². The molecular formula is C15H15FN2S. The van der Waals surface area contributed by atoms with Gasteiger partial charge < -0.3 is 0 Å². The lowest BCUT2D eigenvalue weighted by Gasteiger charge is -2.06. The zero-order chi connectivity index (χ0) is 13.2. The number of hydrogen-bond acceptors (Lipinski definition) is 3. The SMILES string of the molecule is Cc1nc(SCc2ccc(F)cc2)nc2c1CCC2. The molecule has 1 heterocycles. The molecule has 0 spiro atoms. The summed E-state index contributed by atoms with van der Waals surface area (Å²) >= 11 is 1.61. The van der Waals surface area contributed by atoms with E-state index in [1.807, 2.05) is 12.1 Å². The molecule has 1 aromatic carbocycles. The van der Waals surface area contributed by atoms with Crippen molar-refractivity contribution in [3.05, 3.63) is 52.6 Å². The molecule has 98 valence electrons. The van der Waals surface area contributed by atoms with Gasteiger partial charge in [0.25, 0.3) is 0 Å². The van der Waals surface area contributed by atoms with Crippen LogP contribution in [0.4, 0.5) is 4.39 Å². The smallest absolute Gasteiger partial charge is 0.188 e. The highest BCUT2D eigenvalue weighted by molar-refractivity contribution is 7.98. The largest absolute Gasteiger partial charge is 0.228 e. The predicted octanol–water partition coefficient (Wildman–Crippen LogP) is 3.71. The number of aromatic nitrogens is 2. The van der Waals surface area contributed by atoms with Gasteiger partial charge in [0.1, 0.15) is 5.82 Å². The quantitative estimate of drug-likeness (QED) is 0.630. The number of benzene rings is 1. The third-order valence-corrected chi connectivity index (χ3v) is 4.32. The molecule has 0 N–H and O–H groups in total. The molecule has 4 heteroatoms. The van der Waals surface area contributed by atoms with Crippen molar-refractivity contribution >= 4 is 11.8 Å². The maximum absolute atomic E-state index is 12.8. The van der Waals surface area contributed by atoms with E-state index in [4.69, 9.17) is 0 Å². The van der Waals surface area contributed by atoms with Crippen molar-refractivity contribution in [2.45, 2.75) is 37.1 Å². The first kappa shape index (κ1) is 12.6. The van der Waals surface area contributed by atoms with Gasteiger partial charge in [-0.2, -0.15) is 0 Å². The molecule has 1 aliphatic rings. The van der Waals surface area contributed by atoms with E-state index in [-0.39, 0.29) is 5.82 Å². The monoisotopic (exact) mass is 274 g/mol. The maximum atomic E-state index is 12.8. The molecule has 0 amide bonds. The van der Waals surface area contributed by atoms with Crippen LogP contribution in [-0.2, 0) is 18.6 Å². The third-order valence-electron chi connectivity index (χ3n) is 3.40. The molecule has 0 bridgehead atoms. The van der Waals surface area contributed by atoms with Gasteiger partial charge in [0.05, 0.1) is 0 Å². The van der Waals surface area contributed by atoms with E-state index >= 15 is 0 Å². The van der Waals surface area contributed by atoms with Crippen LogP contribution in [0.5, 0.6) is 0 Å². The minimum absolute atomic E-state index is 0.196. The molecule has 1 aliphatic carbocycles. The fourth-order valence-corrected chi connectivity index (χ4v) is 3.25. The summed E-state index contributed by atoms with van der Waals surface area (Å²) in [6.45, 7) is 2.06. The van der Waals surface area contributed by atoms with Crippen molar-refractivity contribution < 1.29 is 4.39 Å². The summed E-state index contributed by atoms with van der Waals surface area (Å²) in [5.41, 5.74) is 4.76. The Hall–Kier alpha value is -1.42. The van der Waals surface area contributed by atoms with Gasteiger partial charge in [-0.25, -0.2) is 14.4 Å². The van der Waals surface area contributed by atoms with E-state index in [9.17, 15) is 4.39 Å². The summed E-state index contributed by atoms with van der Waals surface area (Å²) in [5, 5.41) is 0.836. The van der Waals surface area contributed by atoms with Crippen LogP contribution in [0.1, 0.15) is 28.9 Å². The van der Waals surface area contributed by atoms with Gasteiger partial charge in [-0.05, 0) is 49.4 Å². The van der Waals surface area contributed by atoms with Crippen molar-refractivity contribution in [1.82, 2.24) is 9.97 Å². The van der Waals surface area contributed by atoms with Gasteiger partial charge in [-0.15, -0.1) is 0 Å². The molecule has 2 aromatic rings. The lowest BCUT2D eigenvalue weighted by atomic mass is 10.2. The second kappa shape index (κ2) is 5.29. The molecular weight excluding hydrogens is 259 g/mol. The van der Waals surface area contributed by atoms with Crippen LogP contribution in [0.3, 0.4) is 0 Å². The van der Waals surface area contributed by atoms with Crippen LogP contribution >= 0.6 is 11.8 Å². The lowest BCUT2D eigenvalue weighted by molar-refractivity contribution is 0.627. The van der Waals surface area contributed by atoms with Gasteiger partial charge in [0, 0.05) is 17.1 Å². The minimum Gasteiger partial charge on any atom is -0.228 e. The summed E-state index contributed by atoms with van der Waals surface area (Å²) in [7, 11) is 0. The first-order valence-corrected chi connectivity index (χ1v) is 7.44. The van der Waals surface area contributed by atoms with Gasteiger partial charge in [0.2, 0.25) is 0 Å². The third kappa shape index (κ3) is 2.78. The molecule has 0 atom stereocenters. The summed E-state index contributed by atoms with van der Waals surface area (Å²) in [6.07, 6.45) is 3.38. The second-order valence-corrected chi connectivity index (χ2v) is 5.73. The first-order valence-electron chi connectivity index (χ1n) is 6.46. The molecule has 1 aromatic heterocycles. The lowest BCUT2D eigenvalue weighted by Crippen LogP contribution is -1.99. The Morgan fingerprint density at radius 1 is 1.16 bits per heavy atom. The molecule has 0 unspecified atom stereocenters. The number of hydrogen-bond donors (Lipinski definition) is 0. The topological polar surface area (TPSA) is 25.8 Å². The Labute approximate surface area is 116 Å². The van der Waals surface area contributed by atoms with Crippen molar-refractivity contribution in [2.75, 3.05) is 0 Å². The highest BCUT2D eigenvalue weighted by Crippen LogP contribution is 2.26. The Kier molecular flexibility index (Phi) is 3.51. The van der Waals surface area contributed by atoms with Crippen LogP contribution in [0.25, 0.3) is 0 Å². The first-order chi connectivity index (χ1) is 9.22. The summed E-state index contributed by atoms with van der Waals surface area (Å²) in [4.78, 5) is 9.18. The van der Waals surface area contributed by atoms with Crippen LogP contribution in [0.2, 0.25) is 0 Å². The summed E-state index contributed by atoms with van der Waals surface area (Å²) in [6, 6.07) is 6.60. The molecule has 19 heavy (non-hydrogen) atoms. The standard InChI is InChI=1S/C15H15FN2S/c1-10-13-3-2-4-14(13)18-15(17-10)19-9-11-5-7-12(16)8-6-11/h5-8H,2-4,9H2,1H3. The zero-order valence-corrected chi connectivity index (χ0v) is 11.6. The fraction of sp³-hybridized carbons (Fsp3) is 0.333. The molecule has 3 rings (SSSR count). The van der Waals surface area contributed by atoms with E-state index in [0.29, 0.717) is 0 Å². The van der Waals surface area contributed by atoms with Gasteiger partial charge in [0.15, 0.2) is 5.16 Å². The number of aryl methyl sites for hydroxylation is 2. The molecule has 0 saturated carbocycles. The highest BCUT2D eigenvalue weighted by Gasteiger charge is 2.16. The van der Waals surface area contributed by atoms with Crippen molar-refractivity contribution in [1.29, 1.82) is 0 Å². The van der Waals surface area contributed by atoms with Crippen molar-refractivity contribution in [3.8, 4) is 0 Å².